The van der Waals surface area contributed by atoms with Gasteiger partial charge in [-0.1, -0.05) is 57.2 Å². The second-order valence-electron chi connectivity index (χ2n) is 15.5. The number of alkyl carbamates (subject to hydrolysis) is 1. The first-order valence-electron chi connectivity index (χ1n) is 18.2. The number of rotatable bonds is 4. The third-order valence-corrected chi connectivity index (χ3v) is 11.0. The van der Waals surface area contributed by atoms with Crippen LogP contribution in [0.15, 0.2) is 54.6 Å². The minimum Gasteiger partial charge on any atom is -0.489 e. The number of amides is 2. The molecule has 270 valence electrons. The summed E-state index contributed by atoms with van der Waals surface area (Å²) in [6.45, 7) is 6.17. The first-order chi connectivity index (χ1) is 24.6. The third kappa shape index (κ3) is 7.53. The number of carbonyl (C=O) groups is 3. The molecular weight excluding hydrogens is 648 g/mol. The molecule has 4 aliphatic rings. The SMILES string of the molecule is COC(=O)[C@@H]1C[C@@H]2CN1C(=O)[C@H](C(C)(C)C)NC(=O)O[C@@H]1C[C@@H]3CC[C@@H]3[C@H]1CCC/C=C/c1nc3ccc(OCc4ccccc4)cc3nc1O2. The van der Waals surface area contributed by atoms with Gasteiger partial charge in [-0.3, -0.25) is 4.79 Å². The van der Waals surface area contributed by atoms with Gasteiger partial charge in [0.15, 0.2) is 0 Å². The summed E-state index contributed by atoms with van der Waals surface area (Å²) in [6.07, 6.45) is 8.75. The Hall–Kier alpha value is -4.67. The lowest BCUT2D eigenvalue weighted by atomic mass is 9.71. The Kier molecular flexibility index (Phi) is 9.90. The van der Waals surface area contributed by atoms with E-state index >= 15 is 0 Å². The van der Waals surface area contributed by atoms with Crippen LogP contribution in [0.5, 0.6) is 11.6 Å². The zero-order valence-electron chi connectivity index (χ0n) is 29.9. The predicted molar refractivity (Wildman–Crippen MR) is 191 cm³/mol. The highest BCUT2D eigenvalue weighted by Crippen LogP contribution is 2.53. The van der Waals surface area contributed by atoms with Crippen LogP contribution >= 0.6 is 0 Å². The topological polar surface area (TPSA) is 129 Å². The highest BCUT2D eigenvalue weighted by atomic mass is 16.6. The van der Waals surface area contributed by atoms with Crippen molar-refractivity contribution in [2.75, 3.05) is 13.7 Å². The number of hydrogen-bond donors (Lipinski definition) is 1. The Morgan fingerprint density at radius 3 is 2.55 bits per heavy atom. The first-order valence-corrected chi connectivity index (χ1v) is 18.2. The number of ether oxygens (including phenoxy) is 4. The van der Waals surface area contributed by atoms with Gasteiger partial charge in [-0.25, -0.2) is 19.6 Å². The van der Waals surface area contributed by atoms with E-state index in [2.05, 4.69) is 11.4 Å². The monoisotopic (exact) mass is 696 g/mol. The number of hydrogen-bond acceptors (Lipinski definition) is 9. The zero-order chi connectivity index (χ0) is 35.7. The Bertz CT molecular complexity index is 1790. The van der Waals surface area contributed by atoms with Crippen molar-refractivity contribution in [2.24, 2.45) is 23.2 Å². The second-order valence-corrected chi connectivity index (χ2v) is 15.5. The van der Waals surface area contributed by atoms with Crippen LogP contribution in [0.1, 0.15) is 77.0 Å². The summed E-state index contributed by atoms with van der Waals surface area (Å²) in [4.78, 5) is 52.2. The standard InChI is InChI=1S/C40H48N4O7/c1-40(2,3)35-37(45)44-22-27(21-33(44)38(46)48-4)50-36-31(14-10-6-9-13-29-28-17-15-25(28)19-34(29)51-39(47)43-35)41-30-18-16-26(20-32(30)42-36)49-23-24-11-7-5-8-12-24/h5,7-8,10-12,14,16,18,20,25,27-29,33-35H,6,9,13,15,17,19,21-23H2,1-4H3,(H,43,47)/b14-10+/t25-,27+,28-,29+,33-,34+,35+/m0/s1. The van der Waals surface area contributed by atoms with Crippen LogP contribution < -0.4 is 14.8 Å². The molecule has 2 aliphatic heterocycles. The van der Waals surface area contributed by atoms with Gasteiger partial charge in [0.2, 0.25) is 11.8 Å². The van der Waals surface area contributed by atoms with Gasteiger partial charge in [0.25, 0.3) is 0 Å². The molecule has 0 spiro atoms. The summed E-state index contributed by atoms with van der Waals surface area (Å²) in [5.74, 6) is 1.44. The maximum atomic E-state index is 14.3. The van der Waals surface area contributed by atoms with E-state index < -0.39 is 41.6 Å². The van der Waals surface area contributed by atoms with E-state index in [1.54, 1.807) is 0 Å². The lowest BCUT2D eigenvalue weighted by molar-refractivity contribution is -0.152. The number of esters is 1. The molecule has 1 N–H and O–H groups in total. The Balaban J connectivity index is 1.22. The number of allylic oxidation sites excluding steroid dienone is 1. The Morgan fingerprint density at radius 1 is 0.980 bits per heavy atom. The molecule has 2 saturated carbocycles. The molecule has 7 rings (SSSR count). The van der Waals surface area contributed by atoms with Gasteiger partial charge in [-0.05, 0) is 85.5 Å². The van der Waals surface area contributed by atoms with Crippen molar-refractivity contribution in [3.63, 3.8) is 0 Å². The highest BCUT2D eigenvalue weighted by molar-refractivity contribution is 5.91. The number of benzene rings is 2. The van der Waals surface area contributed by atoms with Crippen molar-refractivity contribution < 1.29 is 33.3 Å². The molecule has 11 nitrogen and oxygen atoms in total. The Morgan fingerprint density at radius 2 is 1.80 bits per heavy atom. The second kappa shape index (κ2) is 14.5. The number of carbonyl (C=O) groups excluding carboxylic acids is 3. The van der Waals surface area contributed by atoms with Crippen LogP contribution in [-0.2, 0) is 25.7 Å². The van der Waals surface area contributed by atoms with Crippen LogP contribution in [0.4, 0.5) is 4.79 Å². The van der Waals surface area contributed by atoms with Crippen LogP contribution in [0.2, 0.25) is 0 Å². The van der Waals surface area contributed by atoms with Crippen LogP contribution in [0.3, 0.4) is 0 Å². The van der Waals surface area contributed by atoms with Gasteiger partial charge in [0.05, 0.1) is 24.7 Å². The summed E-state index contributed by atoms with van der Waals surface area (Å²) >= 11 is 0. The van der Waals surface area contributed by atoms with E-state index in [1.165, 1.54) is 18.4 Å². The van der Waals surface area contributed by atoms with Crippen molar-refractivity contribution in [2.45, 2.75) is 96.6 Å². The maximum Gasteiger partial charge on any atom is 0.408 e. The molecule has 2 amide bonds. The molecular formula is C40H48N4O7. The summed E-state index contributed by atoms with van der Waals surface area (Å²) in [6, 6.07) is 13.7. The number of methoxy groups -OCH3 is 1. The molecule has 11 heteroatoms. The van der Waals surface area contributed by atoms with Crippen molar-refractivity contribution in [1.29, 1.82) is 0 Å². The van der Waals surface area contributed by atoms with Crippen molar-refractivity contribution in [3.05, 3.63) is 65.9 Å². The molecule has 7 atom stereocenters. The number of nitrogens with one attached hydrogen (secondary N) is 1. The summed E-state index contributed by atoms with van der Waals surface area (Å²) in [5, 5.41) is 2.90. The molecule has 0 radical (unpaired) electrons. The summed E-state index contributed by atoms with van der Waals surface area (Å²) in [5.41, 5.74) is 2.24. The average molecular weight is 697 g/mol. The number of nitrogens with zero attached hydrogens (tertiary/aromatic N) is 3. The van der Waals surface area contributed by atoms with E-state index in [0.717, 1.165) is 37.7 Å². The van der Waals surface area contributed by atoms with Crippen LogP contribution in [0, 0.1) is 23.2 Å². The van der Waals surface area contributed by atoms with E-state index in [4.69, 9.17) is 28.9 Å². The van der Waals surface area contributed by atoms with Crippen LogP contribution in [-0.4, -0.2) is 70.8 Å². The number of fused-ring (bicyclic) bond motifs is 7. The Labute approximate surface area is 299 Å². The normalized spacial score (nSPS) is 28.8. The zero-order valence-corrected chi connectivity index (χ0v) is 29.9. The van der Waals surface area contributed by atoms with Gasteiger partial charge < -0.3 is 29.2 Å². The molecule has 1 saturated heterocycles. The van der Waals surface area contributed by atoms with Crippen molar-refractivity contribution >= 4 is 35.1 Å². The quantitative estimate of drug-likeness (QED) is 0.305. The molecule has 1 aromatic heterocycles. The molecule has 3 aromatic rings. The molecule has 2 aromatic carbocycles. The van der Waals surface area contributed by atoms with E-state index in [1.807, 2.05) is 75.4 Å². The summed E-state index contributed by atoms with van der Waals surface area (Å²) in [7, 11) is 1.30. The molecule has 3 heterocycles. The average Bonchev–Trinajstić information content (AvgIpc) is 3.62. The third-order valence-electron chi connectivity index (χ3n) is 11.0. The first kappa shape index (κ1) is 34.8. The summed E-state index contributed by atoms with van der Waals surface area (Å²) < 4.78 is 23.9. The van der Waals surface area contributed by atoms with Gasteiger partial charge in [-0.2, -0.15) is 0 Å². The maximum absolute atomic E-state index is 14.3. The van der Waals surface area contributed by atoms with E-state index in [0.29, 0.717) is 46.8 Å². The molecule has 2 aliphatic carbocycles. The smallest absolute Gasteiger partial charge is 0.408 e. The van der Waals surface area contributed by atoms with Gasteiger partial charge >= 0.3 is 12.1 Å². The van der Waals surface area contributed by atoms with Gasteiger partial charge in [0.1, 0.15) is 42.3 Å². The minimum absolute atomic E-state index is 0.0963. The van der Waals surface area contributed by atoms with Crippen LogP contribution in [0.25, 0.3) is 17.1 Å². The van der Waals surface area contributed by atoms with Gasteiger partial charge in [0, 0.05) is 12.5 Å². The van der Waals surface area contributed by atoms with Crippen molar-refractivity contribution in [1.82, 2.24) is 20.2 Å². The molecule has 51 heavy (non-hydrogen) atoms. The minimum atomic E-state index is -0.945. The molecule has 2 bridgehead atoms. The van der Waals surface area contributed by atoms with Crippen molar-refractivity contribution in [3.8, 4) is 11.6 Å². The van der Waals surface area contributed by atoms with E-state index in [9.17, 15) is 14.4 Å². The lowest BCUT2D eigenvalue weighted by Crippen LogP contribution is -2.57. The fourth-order valence-electron chi connectivity index (χ4n) is 8.21. The van der Waals surface area contributed by atoms with E-state index in [-0.39, 0.29) is 25.0 Å². The fourth-order valence-corrected chi connectivity index (χ4v) is 8.21. The molecule has 3 fully saturated rings. The van der Waals surface area contributed by atoms with Gasteiger partial charge in [-0.15, -0.1) is 0 Å². The fraction of sp³-hybridized carbons (Fsp3) is 0.525. The molecule has 0 unspecified atom stereocenters. The lowest BCUT2D eigenvalue weighted by Gasteiger charge is -2.35. The largest absolute Gasteiger partial charge is 0.489 e. The predicted octanol–water partition coefficient (Wildman–Crippen LogP) is 6.48. The number of aromatic nitrogens is 2. The highest BCUT2D eigenvalue weighted by Gasteiger charge is 2.50.